The van der Waals surface area contributed by atoms with Gasteiger partial charge in [-0.25, -0.2) is 13.2 Å². The highest BCUT2D eigenvalue weighted by atomic mass is 19.1. The predicted octanol–water partition coefficient (Wildman–Crippen LogP) is 3.10. The van der Waals surface area contributed by atoms with E-state index in [4.69, 9.17) is 4.74 Å². The van der Waals surface area contributed by atoms with Gasteiger partial charge in [-0.05, 0) is 6.42 Å². The van der Waals surface area contributed by atoms with E-state index in [9.17, 15) is 18.0 Å². The molecule has 0 saturated carbocycles. The first-order chi connectivity index (χ1) is 7.61. The van der Waals surface area contributed by atoms with E-state index >= 15 is 0 Å². The Bertz CT molecular complexity index is 391. The molecule has 16 heavy (non-hydrogen) atoms. The molecule has 0 aliphatic heterocycles. The number of aldehydes is 1. The van der Waals surface area contributed by atoms with Crippen LogP contribution >= 0.6 is 0 Å². The fourth-order valence-corrected chi connectivity index (χ4v) is 1.15. The molecule has 0 fully saturated rings. The fraction of sp³-hybridized carbons (Fsp3) is 0.364. The maximum atomic E-state index is 13.4. The summed E-state index contributed by atoms with van der Waals surface area (Å²) < 4.78 is 44.3. The Kier molecular flexibility index (Phi) is 4.34. The van der Waals surface area contributed by atoms with Crippen molar-refractivity contribution in [2.75, 3.05) is 6.61 Å². The molecule has 0 aromatic heterocycles. The van der Waals surface area contributed by atoms with Crippen LogP contribution in [0.1, 0.15) is 30.1 Å². The highest BCUT2D eigenvalue weighted by molar-refractivity contribution is 5.76. The van der Waals surface area contributed by atoms with Crippen molar-refractivity contribution in [1.82, 2.24) is 0 Å². The molecule has 0 amide bonds. The van der Waals surface area contributed by atoms with Gasteiger partial charge in [-0.2, -0.15) is 0 Å². The molecule has 0 spiro atoms. The first-order valence-electron chi connectivity index (χ1n) is 4.87. The van der Waals surface area contributed by atoms with Gasteiger partial charge in [-0.15, -0.1) is 0 Å². The van der Waals surface area contributed by atoms with Gasteiger partial charge < -0.3 is 4.74 Å². The second kappa shape index (κ2) is 5.53. The SMILES string of the molecule is CCCCOc1c(F)cc(F)c(C=O)c1F. The zero-order chi connectivity index (χ0) is 12.1. The molecule has 0 radical (unpaired) electrons. The number of hydrogen-bond donors (Lipinski definition) is 0. The van der Waals surface area contributed by atoms with E-state index in [-0.39, 0.29) is 12.9 Å². The van der Waals surface area contributed by atoms with Crippen molar-refractivity contribution >= 4 is 6.29 Å². The largest absolute Gasteiger partial charge is 0.488 e. The third-order valence-electron chi connectivity index (χ3n) is 2.03. The first-order valence-corrected chi connectivity index (χ1v) is 4.87. The minimum absolute atomic E-state index is 0.00319. The van der Waals surface area contributed by atoms with Gasteiger partial charge in [0, 0.05) is 6.07 Å². The predicted molar refractivity (Wildman–Crippen MR) is 52.1 cm³/mol. The van der Waals surface area contributed by atoms with Crippen molar-refractivity contribution in [3.05, 3.63) is 29.1 Å². The molecule has 0 bridgehead atoms. The third kappa shape index (κ3) is 2.53. The van der Waals surface area contributed by atoms with Crippen LogP contribution in [-0.2, 0) is 0 Å². The summed E-state index contributed by atoms with van der Waals surface area (Å²) in [7, 11) is 0. The Morgan fingerprint density at radius 1 is 1.31 bits per heavy atom. The van der Waals surface area contributed by atoms with E-state index in [0.717, 1.165) is 6.42 Å². The molecule has 88 valence electrons. The van der Waals surface area contributed by atoms with Crippen LogP contribution in [0.15, 0.2) is 6.07 Å². The summed E-state index contributed by atoms with van der Waals surface area (Å²) in [6.07, 6.45) is 1.41. The highest BCUT2D eigenvalue weighted by Crippen LogP contribution is 2.26. The number of ether oxygens (including phenoxy) is 1. The Labute approximate surface area is 91.0 Å². The summed E-state index contributed by atoms with van der Waals surface area (Å²) in [6, 6.07) is 0.439. The van der Waals surface area contributed by atoms with Crippen LogP contribution < -0.4 is 4.74 Å². The van der Waals surface area contributed by atoms with Crippen molar-refractivity contribution < 1.29 is 22.7 Å². The molecule has 1 aromatic rings. The van der Waals surface area contributed by atoms with Gasteiger partial charge in [0.1, 0.15) is 5.82 Å². The van der Waals surface area contributed by atoms with Gasteiger partial charge in [0.25, 0.3) is 0 Å². The summed E-state index contributed by atoms with van der Waals surface area (Å²) in [4.78, 5) is 10.4. The van der Waals surface area contributed by atoms with Crippen LogP contribution in [0, 0.1) is 17.5 Å². The van der Waals surface area contributed by atoms with E-state index in [2.05, 4.69) is 0 Å². The number of carbonyl (C=O) groups is 1. The van der Waals surface area contributed by atoms with E-state index in [1.54, 1.807) is 0 Å². The topological polar surface area (TPSA) is 26.3 Å². The van der Waals surface area contributed by atoms with E-state index < -0.39 is 28.8 Å². The molecular formula is C11H11F3O2. The Morgan fingerprint density at radius 3 is 2.56 bits per heavy atom. The van der Waals surface area contributed by atoms with Gasteiger partial charge in [0.15, 0.2) is 23.7 Å². The molecular weight excluding hydrogens is 221 g/mol. The zero-order valence-electron chi connectivity index (χ0n) is 8.73. The molecule has 0 N–H and O–H groups in total. The Hall–Kier alpha value is -1.52. The molecule has 0 aliphatic rings. The normalized spacial score (nSPS) is 10.2. The van der Waals surface area contributed by atoms with Gasteiger partial charge in [0.2, 0.25) is 0 Å². The monoisotopic (exact) mass is 232 g/mol. The molecule has 5 heteroatoms. The van der Waals surface area contributed by atoms with Crippen LogP contribution in [0.25, 0.3) is 0 Å². The first kappa shape index (κ1) is 12.5. The zero-order valence-corrected chi connectivity index (χ0v) is 8.73. The van der Waals surface area contributed by atoms with Crippen LogP contribution in [0.3, 0.4) is 0 Å². The van der Waals surface area contributed by atoms with Crippen molar-refractivity contribution in [2.45, 2.75) is 19.8 Å². The lowest BCUT2D eigenvalue weighted by molar-refractivity contribution is 0.111. The van der Waals surface area contributed by atoms with Crippen molar-refractivity contribution in [2.24, 2.45) is 0 Å². The summed E-state index contributed by atoms with van der Waals surface area (Å²) in [5.74, 6) is -4.36. The third-order valence-corrected chi connectivity index (χ3v) is 2.03. The summed E-state index contributed by atoms with van der Waals surface area (Å²) in [6.45, 7) is 2.01. The number of hydrogen-bond acceptors (Lipinski definition) is 2. The Balaban J connectivity index is 3.03. The quantitative estimate of drug-likeness (QED) is 0.576. The smallest absolute Gasteiger partial charge is 0.191 e. The second-order valence-corrected chi connectivity index (χ2v) is 3.22. The molecule has 0 unspecified atom stereocenters. The van der Waals surface area contributed by atoms with Gasteiger partial charge in [-0.1, -0.05) is 13.3 Å². The molecule has 2 nitrogen and oxygen atoms in total. The van der Waals surface area contributed by atoms with E-state index in [0.29, 0.717) is 12.5 Å². The summed E-state index contributed by atoms with van der Waals surface area (Å²) in [5.41, 5.74) is -0.812. The summed E-state index contributed by atoms with van der Waals surface area (Å²) in [5, 5.41) is 0. The highest BCUT2D eigenvalue weighted by Gasteiger charge is 2.19. The molecule has 1 rings (SSSR count). The number of carbonyl (C=O) groups excluding carboxylic acids is 1. The van der Waals surface area contributed by atoms with E-state index in [1.165, 1.54) is 0 Å². The number of rotatable bonds is 5. The average molecular weight is 232 g/mol. The van der Waals surface area contributed by atoms with Crippen LogP contribution in [0.2, 0.25) is 0 Å². The van der Waals surface area contributed by atoms with Crippen molar-refractivity contribution in [1.29, 1.82) is 0 Å². The molecule has 0 heterocycles. The maximum absolute atomic E-state index is 13.4. The van der Waals surface area contributed by atoms with Crippen LogP contribution in [0.4, 0.5) is 13.2 Å². The van der Waals surface area contributed by atoms with Gasteiger partial charge in [-0.3, -0.25) is 4.79 Å². The van der Waals surface area contributed by atoms with Crippen LogP contribution in [0.5, 0.6) is 5.75 Å². The molecule has 1 aromatic carbocycles. The molecule has 0 saturated heterocycles. The minimum atomic E-state index is -1.29. The number of benzene rings is 1. The fourth-order valence-electron chi connectivity index (χ4n) is 1.15. The van der Waals surface area contributed by atoms with Gasteiger partial charge in [0.05, 0.1) is 12.2 Å². The lowest BCUT2D eigenvalue weighted by atomic mass is 10.2. The number of unbranched alkanes of at least 4 members (excludes halogenated alkanes) is 1. The minimum Gasteiger partial charge on any atom is -0.488 e. The maximum Gasteiger partial charge on any atom is 0.191 e. The molecule has 0 atom stereocenters. The average Bonchev–Trinajstić information content (AvgIpc) is 2.23. The lowest BCUT2D eigenvalue weighted by Crippen LogP contribution is -2.05. The Morgan fingerprint density at radius 2 is 2.00 bits per heavy atom. The van der Waals surface area contributed by atoms with Crippen molar-refractivity contribution in [3.63, 3.8) is 0 Å². The lowest BCUT2D eigenvalue weighted by Gasteiger charge is -2.09. The molecule has 0 aliphatic carbocycles. The van der Waals surface area contributed by atoms with Crippen molar-refractivity contribution in [3.8, 4) is 5.75 Å². The van der Waals surface area contributed by atoms with Crippen LogP contribution in [-0.4, -0.2) is 12.9 Å². The van der Waals surface area contributed by atoms with E-state index in [1.807, 2.05) is 6.92 Å². The van der Waals surface area contributed by atoms with Gasteiger partial charge >= 0.3 is 0 Å². The number of halogens is 3. The summed E-state index contributed by atoms with van der Waals surface area (Å²) >= 11 is 0. The standard InChI is InChI=1S/C11H11F3O2/c1-2-3-4-16-11-9(13)5-8(12)7(6-15)10(11)14/h5-6H,2-4H2,1H3. The second-order valence-electron chi connectivity index (χ2n) is 3.22.